The normalized spacial score (nSPS) is 14.1. The summed E-state index contributed by atoms with van der Waals surface area (Å²) in [6.45, 7) is 4.39. The van der Waals surface area contributed by atoms with E-state index in [1.807, 2.05) is 24.3 Å². The van der Waals surface area contributed by atoms with E-state index in [0.717, 1.165) is 47.8 Å². The fraction of sp³-hybridized carbons (Fsp3) is 0.419. The number of aldehydes is 1. The van der Waals surface area contributed by atoms with Gasteiger partial charge < -0.3 is 5.11 Å². The standard InChI is InChI=1S/C31H36N2O5/c1-21(2)12-17-27-28(20-34)33(29(35)18-22-8-4-3-5-9-22)31(38)32(27)19-23-13-15-24(16-14-23)25-10-6-7-11-26(25)30(36)37/h6-7,10-11,13-16,20-22H,3-5,8-9,12,17-19H2,1-2H3,(H,36,37). The Morgan fingerprint density at radius 3 is 2.34 bits per heavy atom. The Hall–Kier alpha value is -3.74. The predicted molar refractivity (Wildman–Crippen MR) is 147 cm³/mol. The molecule has 1 fully saturated rings. The topological polar surface area (TPSA) is 98.4 Å². The molecule has 0 unspecified atom stereocenters. The minimum Gasteiger partial charge on any atom is -0.478 e. The predicted octanol–water partition coefficient (Wildman–Crippen LogP) is 6.08. The van der Waals surface area contributed by atoms with Crippen LogP contribution in [0.1, 0.15) is 95.7 Å². The summed E-state index contributed by atoms with van der Waals surface area (Å²) in [5.74, 6) is -0.667. The Balaban J connectivity index is 1.67. The Morgan fingerprint density at radius 2 is 1.71 bits per heavy atom. The summed E-state index contributed by atoms with van der Waals surface area (Å²) >= 11 is 0. The van der Waals surface area contributed by atoms with Crippen LogP contribution in [0.2, 0.25) is 0 Å². The van der Waals surface area contributed by atoms with Gasteiger partial charge in [-0.25, -0.2) is 14.2 Å². The molecule has 0 aliphatic heterocycles. The second-order valence-electron chi connectivity index (χ2n) is 10.7. The Bertz CT molecular complexity index is 1360. The largest absolute Gasteiger partial charge is 0.478 e. The van der Waals surface area contributed by atoms with Crippen molar-refractivity contribution in [3.63, 3.8) is 0 Å². The highest BCUT2D eigenvalue weighted by molar-refractivity contribution is 5.96. The van der Waals surface area contributed by atoms with Crippen LogP contribution in [-0.4, -0.2) is 32.4 Å². The Kier molecular flexibility index (Phi) is 8.77. The zero-order valence-corrected chi connectivity index (χ0v) is 22.2. The van der Waals surface area contributed by atoms with Gasteiger partial charge in [0.2, 0.25) is 5.91 Å². The number of carbonyl (C=O) groups excluding carboxylic acids is 2. The number of carboxylic acid groups (broad SMARTS) is 1. The van der Waals surface area contributed by atoms with Gasteiger partial charge in [0.25, 0.3) is 0 Å². The van der Waals surface area contributed by atoms with Gasteiger partial charge in [0, 0.05) is 6.42 Å². The molecule has 38 heavy (non-hydrogen) atoms. The molecule has 0 saturated heterocycles. The molecule has 7 heteroatoms. The number of carboxylic acids is 1. The number of nitrogens with zero attached hydrogens (tertiary/aromatic N) is 2. The van der Waals surface area contributed by atoms with Crippen LogP contribution in [0.4, 0.5) is 0 Å². The van der Waals surface area contributed by atoms with Crippen molar-refractivity contribution < 1.29 is 19.5 Å². The smallest absolute Gasteiger partial charge is 0.336 e. The maximum atomic E-state index is 13.6. The molecule has 0 bridgehead atoms. The number of carbonyl (C=O) groups is 3. The first kappa shape index (κ1) is 27.3. The number of rotatable bonds is 10. The molecule has 1 aromatic heterocycles. The van der Waals surface area contributed by atoms with E-state index in [-0.39, 0.29) is 36.0 Å². The van der Waals surface area contributed by atoms with Crippen LogP contribution in [0, 0.1) is 11.8 Å². The molecule has 0 spiro atoms. The molecule has 2 aromatic carbocycles. The van der Waals surface area contributed by atoms with Crippen LogP contribution in [-0.2, 0) is 13.0 Å². The number of benzene rings is 2. The van der Waals surface area contributed by atoms with Crippen LogP contribution in [0.3, 0.4) is 0 Å². The molecule has 1 aliphatic rings. The minimum absolute atomic E-state index is 0.170. The van der Waals surface area contributed by atoms with Gasteiger partial charge in [-0.2, -0.15) is 0 Å². The van der Waals surface area contributed by atoms with E-state index in [9.17, 15) is 24.3 Å². The zero-order valence-electron chi connectivity index (χ0n) is 22.2. The molecule has 0 radical (unpaired) electrons. The van der Waals surface area contributed by atoms with Crippen LogP contribution in [0.25, 0.3) is 11.1 Å². The lowest BCUT2D eigenvalue weighted by Crippen LogP contribution is -2.31. The molecule has 1 aliphatic carbocycles. The Morgan fingerprint density at radius 1 is 1.03 bits per heavy atom. The summed E-state index contributed by atoms with van der Waals surface area (Å²) in [4.78, 5) is 50.7. The van der Waals surface area contributed by atoms with Gasteiger partial charge in [-0.3, -0.25) is 14.2 Å². The lowest BCUT2D eigenvalue weighted by atomic mass is 9.87. The molecule has 3 aromatic rings. The van der Waals surface area contributed by atoms with E-state index in [1.54, 1.807) is 28.8 Å². The van der Waals surface area contributed by atoms with E-state index < -0.39 is 11.7 Å². The average molecular weight is 517 g/mol. The van der Waals surface area contributed by atoms with Gasteiger partial charge >= 0.3 is 11.7 Å². The van der Waals surface area contributed by atoms with Gasteiger partial charge in [0.05, 0.1) is 17.8 Å². The first-order chi connectivity index (χ1) is 18.3. The van der Waals surface area contributed by atoms with Crippen molar-refractivity contribution >= 4 is 18.2 Å². The van der Waals surface area contributed by atoms with Crippen molar-refractivity contribution in [3.8, 4) is 11.1 Å². The molecule has 1 saturated carbocycles. The average Bonchev–Trinajstić information content (AvgIpc) is 3.18. The molecule has 0 atom stereocenters. The van der Waals surface area contributed by atoms with Crippen molar-refractivity contribution in [2.24, 2.45) is 11.8 Å². The van der Waals surface area contributed by atoms with Crippen molar-refractivity contribution in [1.29, 1.82) is 0 Å². The first-order valence-corrected chi connectivity index (χ1v) is 13.5. The van der Waals surface area contributed by atoms with Gasteiger partial charge in [0.15, 0.2) is 6.29 Å². The van der Waals surface area contributed by atoms with Gasteiger partial charge in [-0.15, -0.1) is 0 Å². The van der Waals surface area contributed by atoms with Gasteiger partial charge in [-0.05, 0) is 60.3 Å². The van der Waals surface area contributed by atoms with Crippen molar-refractivity contribution in [2.75, 3.05) is 0 Å². The quantitative estimate of drug-likeness (QED) is 0.330. The molecule has 1 N–H and O–H groups in total. The van der Waals surface area contributed by atoms with Gasteiger partial charge in [-0.1, -0.05) is 75.6 Å². The fourth-order valence-electron chi connectivity index (χ4n) is 5.44. The van der Waals surface area contributed by atoms with Crippen LogP contribution < -0.4 is 5.69 Å². The van der Waals surface area contributed by atoms with E-state index in [1.165, 1.54) is 6.42 Å². The van der Waals surface area contributed by atoms with Crippen LogP contribution in [0.5, 0.6) is 0 Å². The summed E-state index contributed by atoms with van der Waals surface area (Å²) in [6.07, 6.45) is 7.58. The first-order valence-electron chi connectivity index (χ1n) is 13.5. The molecular weight excluding hydrogens is 480 g/mol. The van der Waals surface area contributed by atoms with Crippen molar-refractivity contribution in [3.05, 3.63) is 81.5 Å². The van der Waals surface area contributed by atoms with E-state index in [4.69, 9.17) is 0 Å². The highest BCUT2D eigenvalue weighted by Crippen LogP contribution is 2.28. The summed E-state index contributed by atoms with van der Waals surface area (Å²) in [7, 11) is 0. The summed E-state index contributed by atoms with van der Waals surface area (Å²) in [6, 6.07) is 14.2. The molecular formula is C31H36N2O5. The molecule has 0 amide bonds. The summed E-state index contributed by atoms with van der Waals surface area (Å²) < 4.78 is 2.67. The molecule has 1 heterocycles. The third kappa shape index (κ3) is 6.04. The number of aromatic carboxylic acids is 1. The summed E-state index contributed by atoms with van der Waals surface area (Å²) in [5.41, 5.74) is 2.71. The van der Waals surface area contributed by atoms with E-state index >= 15 is 0 Å². The number of hydrogen-bond donors (Lipinski definition) is 1. The minimum atomic E-state index is -0.994. The maximum absolute atomic E-state index is 13.6. The molecule has 4 rings (SSSR count). The number of aromatic nitrogens is 2. The SMILES string of the molecule is CC(C)CCc1c(C=O)n(C(=O)CC2CCCCC2)c(=O)n1Cc1ccc(-c2ccccc2C(=O)O)cc1. The highest BCUT2D eigenvalue weighted by Gasteiger charge is 2.26. The van der Waals surface area contributed by atoms with Crippen molar-refractivity contribution in [1.82, 2.24) is 9.13 Å². The second kappa shape index (κ2) is 12.2. The highest BCUT2D eigenvalue weighted by atomic mass is 16.4. The summed E-state index contributed by atoms with van der Waals surface area (Å²) in [5, 5.41) is 9.53. The van der Waals surface area contributed by atoms with Crippen LogP contribution in [0.15, 0.2) is 53.3 Å². The lowest BCUT2D eigenvalue weighted by molar-refractivity contribution is 0.0697. The molecule has 7 nitrogen and oxygen atoms in total. The number of imidazole rings is 1. The number of hydrogen-bond acceptors (Lipinski definition) is 4. The molecule has 200 valence electrons. The third-order valence-electron chi connectivity index (χ3n) is 7.56. The van der Waals surface area contributed by atoms with E-state index in [0.29, 0.717) is 29.9 Å². The third-order valence-corrected chi connectivity index (χ3v) is 7.56. The monoisotopic (exact) mass is 516 g/mol. The maximum Gasteiger partial charge on any atom is 0.336 e. The lowest BCUT2D eigenvalue weighted by Gasteiger charge is -2.20. The van der Waals surface area contributed by atoms with Crippen molar-refractivity contribution in [2.45, 2.75) is 71.8 Å². The zero-order chi connectivity index (χ0) is 27.2. The van der Waals surface area contributed by atoms with E-state index in [2.05, 4.69) is 13.8 Å². The van der Waals surface area contributed by atoms with Gasteiger partial charge in [0.1, 0.15) is 5.69 Å². The fourth-order valence-corrected chi connectivity index (χ4v) is 5.44. The Labute approximate surface area is 223 Å². The second-order valence-corrected chi connectivity index (χ2v) is 10.7. The van der Waals surface area contributed by atoms with Crippen LogP contribution >= 0.6 is 0 Å².